The molecule has 0 spiro atoms. The van der Waals surface area contributed by atoms with E-state index in [1.54, 1.807) is 30.3 Å². The van der Waals surface area contributed by atoms with Crippen LogP contribution in [0.3, 0.4) is 0 Å². The molecule has 1 aliphatic rings. The van der Waals surface area contributed by atoms with Gasteiger partial charge in [-0.25, -0.2) is 8.42 Å². The van der Waals surface area contributed by atoms with Gasteiger partial charge in [-0.3, -0.25) is 6.58 Å². The van der Waals surface area contributed by atoms with Crippen LogP contribution >= 0.6 is 7.92 Å². The number of hydrogen-bond acceptors (Lipinski definition) is 2. The smallest absolute Gasteiger partial charge is 0.0622 e. The predicted octanol–water partition coefficient (Wildman–Crippen LogP) is 6.80. The Balaban J connectivity index is 0.000000325. The first-order valence-corrected chi connectivity index (χ1v) is 15.5. The molecule has 0 N–H and O–H groups in total. The van der Waals surface area contributed by atoms with E-state index < -0.39 is 17.8 Å². The molecule has 202 valence electrons. The second kappa shape index (κ2) is 20.2. The zero-order chi connectivity index (χ0) is 27.5. The Kier molecular flexibility index (Phi) is 17.8. The Bertz CT molecular complexity index is 1190. The van der Waals surface area contributed by atoms with Crippen LogP contribution in [0.15, 0.2) is 133 Å². The number of rotatable bonds is 6. The molecule has 0 aliphatic heterocycles. The van der Waals surface area contributed by atoms with Crippen molar-refractivity contribution in [1.29, 1.82) is 0 Å². The van der Waals surface area contributed by atoms with Gasteiger partial charge >= 0.3 is 28.4 Å². The summed E-state index contributed by atoms with van der Waals surface area (Å²) in [5, 5.41) is 4.19. The van der Waals surface area contributed by atoms with Gasteiger partial charge in [0.2, 0.25) is 0 Å². The first-order chi connectivity index (χ1) is 18.6. The molecule has 5 rings (SSSR count). The summed E-state index contributed by atoms with van der Waals surface area (Å²) >= 11 is 0. The van der Waals surface area contributed by atoms with Gasteiger partial charge in [0.1, 0.15) is 0 Å². The molecular formula is C33H34FeO3PS+. The van der Waals surface area contributed by atoms with E-state index >= 15 is 0 Å². The predicted molar refractivity (Wildman–Crippen MR) is 160 cm³/mol. The molecule has 4 aromatic rings. The molecule has 0 aromatic heterocycles. The third kappa shape index (κ3) is 12.3. The van der Waals surface area contributed by atoms with E-state index in [1.165, 1.54) is 48.0 Å². The molecule has 3 nitrogen and oxygen atoms in total. The molecule has 0 unspecified atom stereocenters. The van der Waals surface area contributed by atoms with Crippen molar-refractivity contribution in [2.24, 2.45) is 0 Å². The van der Waals surface area contributed by atoms with E-state index in [0.29, 0.717) is 4.90 Å². The van der Waals surface area contributed by atoms with Crippen molar-refractivity contribution in [3.63, 3.8) is 0 Å². The van der Waals surface area contributed by atoms with E-state index in [9.17, 15) is 8.42 Å². The van der Waals surface area contributed by atoms with Crippen LogP contribution in [0.1, 0.15) is 32.1 Å². The van der Waals surface area contributed by atoms with Crippen molar-refractivity contribution in [3.8, 4) is 0 Å². The summed E-state index contributed by atoms with van der Waals surface area (Å²) in [6.45, 7) is 7.77. The van der Waals surface area contributed by atoms with Gasteiger partial charge in [0.25, 0.3) is 0 Å². The summed E-state index contributed by atoms with van der Waals surface area (Å²) < 4.78 is 30.2. The molecule has 0 amide bonds. The second-order valence-corrected chi connectivity index (χ2v) is 12.6. The molecule has 0 atom stereocenters. The zero-order valence-electron chi connectivity index (χ0n) is 21.9. The van der Waals surface area contributed by atoms with Crippen molar-refractivity contribution < 1.29 is 30.1 Å². The summed E-state index contributed by atoms with van der Waals surface area (Å²) in [5.41, 5.74) is 0. The van der Waals surface area contributed by atoms with Crippen molar-refractivity contribution in [2.45, 2.75) is 37.0 Å². The Morgan fingerprint density at radius 2 is 0.897 bits per heavy atom. The molecule has 1 fully saturated rings. The number of hydrogen-bond donors (Lipinski definition) is 0. The molecule has 0 saturated heterocycles. The van der Waals surface area contributed by atoms with E-state index in [1.807, 2.05) is 0 Å². The van der Waals surface area contributed by atoms with Gasteiger partial charge in [-0.15, -0.1) is 0 Å². The van der Waals surface area contributed by atoms with Gasteiger partial charge in [0.15, 0.2) is 9.84 Å². The zero-order valence-corrected chi connectivity index (χ0v) is 24.7. The van der Waals surface area contributed by atoms with Crippen LogP contribution in [0.25, 0.3) is 0 Å². The van der Waals surface area contributed by atoms with Crippen LogP contribution < -0.4 is 15.9 Å². The molecule has 1 aliphatic carbocycles. The molecular weight excluding hydrogens is 563 g/mol. The van der Waals surface area contributed by atoms with E-state index in [2.05, 4.69) is 110 Å². The van der Waals surface area contributed by atoms with Crippen molar-refractivity contribution >= 4 is 33.7 Å². The maximum absolute atomic E-state index is 11.3. The van der Waals surface area contributed by atoms with Gasteiger partial charge in [0.05, 0.1) is 4.90 Å². The molecule has 0 radical (unpaired) electrons. The maximum Gasteiger partial charge on any atom is 2.00 e. The van der Waals surface area contributed by atoms with Crippen molar-refractivity contribution in [1.82, 2.24) is 0 Å². The van der Waals surface area contributed by atoms with Crippen LogP contribution in [-0.2, 0) is 31.6 Å². The normalized spacial score (nSPS) is 11.7. The van der Waals surface area contributed by atoms with Crippen molar-refractivity contribution in [3.05, 3.63) is 141 Å². The molecule has 0 heterocycles. The molecule has 4 aromatic carbocycles. The van der Waals surface area contributed by atoms with E-state index in [4.69, 9.17) is 4.65 Å². The summed E-state index contributed by atoms with van der Waals surface area (Å²) in [7, 11) is -3.63. The van der Waals surface area contributed by atoms with Crippen LogP contribution in [0.4, 0.5) is 0 Å². The Labute approximate surface area is 246 Å². The quantitative estimate of drug-likeness (QED) is 0.106. The first kappa shape index (κ1) is 34.3. The number of benzene rings is 4. The van der Waals surface area contributed by atoms with Crippen LogP contribution in [0.2, 0.25) is 0 Å². The average molecular weight is 598 g/mol. The molecule has 39 heavy (non-hydrogen) atoms. The fourth-order valence-electron chi connectivity index (χ4n) is 3.91. The molecule has 0 bridgehead atoms. The van der Waals surface area contributed by atoms with E-state index in [0.717, 1.165) is 0 Å². The fourth-order valence-corrected chi connectivity index (χ4v) is 7.22. The largest absolute Gasteiger partial charge is 2.00 e. The average Bonchev–Trinajstić information content (AvgIpc) is 3.58. The van der Waals surface area contributed by atoms with Gasteiger partial charge in [-0.05, 0) is 36.0 Å². The number of sulfone groups is 1. The van der Waals surface area contributed by atoms with Gasteiger partial charge in [0, 0.05) is 0 Å². The monoisotopic (exact) mass is 597 g/mol. The van der Waals surface area contributed by atoms with Crippen molar-refractivity contribution in [2.75, 3.05) is 5.75 Å². The van der Waals surface area contributed by atoms with Gasteiger partial charge in [-0.2, -0.15) is 0 Å². The minimum atomic E-state index is -3.18. The maximum atomic E-state index is 11.3. The summed E-state index contributed by atoms with van der Waals surface area (Å²) in [4.78, 5) is 0.321. The molecule has 6 heteroatoms. The summed E-state index contributed by atoms with van der Waals surface area (Å²) in [5.74, 6) is -0.128. The Morgan fingerprint density at radius 1 is 0.615 bits per heavy atom. The third-order valence-corrected chi connectivity index (χ3v) is 9.71. The summed E-state index contributed by atoms with van der Waals surface area (Å²) in [6, 6.07) is 40.6. The molecule has 1 saturated carbocycles. The fraction of sp³-hybridized carbons (Fsp3) is 0.182. The second-order valence-electron chi connectivity index (χ2n) is 8.43. The topological polar surface area (TPSA) is 54.0 Å². The van der Waals surface area contributed by atoms with Gasteiger partial charge < -0.3 is 6.08 Å². The summed E-state index contributed by atoms with van der Waals surface area (Å²) in [6.07, 6.45) is 9.87. The van der Waals surface area contributed by atoms with E-state index in [-0.39, 0.29) is 22.8 Å². The van der Waals surface area contributed by atoms with Crippen LogP contribution in [0, 0.1) is 12.7 Å². The van der Waals surface area contributed by atoms with Crippen LogP contribution in [-0.4, -0.2) is 14.2 Å². The minimum absolute atomic E-state index is 0. The first-order valence-electron chi connectivity index (χ1n) is 12.6. The standard InChI is InChI=1S/C18H15P.C9H9O2S.C5H10.CO.Fe/c1-4-10-16(11-5-1)19(17-12-6-2-7-13-17)18-14-8-3-9-15-18;1-2-8-12(10,11)9-6-4-3-5-7-9;1-2-4-5-3-1;1-2;/h1-15H;3-7H,1,8H2;1-5H2;;/q;-1;;;+2. The van der Waals surface area contributed by atoms with Crippen LogP contribution in [0.5, 0.6) is 0 Å². The Morgan fingerprint density at radius 3 is 1.18 bits per heavy atom. The van der Waals surface area contributed by atoms with Gasteiger partial charge in [-0.1, -0.05) is 147 Å². The SMILES string of the molecule is C1CCCC1.C=[C-]CS(=O)(=O)c1ccccc1.[C-]#[O+].[Fe+2].c1ccc(P(c2ccccc2)c2ccccc2)cc1. The Hall–Kier alpha value is -2.74. The minimum Gasteiger partial charge on any atom is -0.0622 e. The third-order valence-electron chi connectivity index (χ3n) is 5.69.